The fourth-order valence-electron chi connectivity index (χ4n) is 0.996. The molecule has 1 heterocycles. The zero-order chi connectivity index (χ0) is 11.6. The van der Waals surface area contributed by atoms with E-state index in [0.717, 1.165) is 6.07 Å². The molecule has 0 fully saturated rings. The Bertz CT molecular complexity index is 397. The van der Waals surface area contributed by atoms with Gasteiger partial charge >= 0.3 is 5.82 Å². The highest BCUT2D eigenvalue weighted by molar-refractivity contribution is 5.47. The van der Waals surface area contributed by atoms with Gasteiger partial charge in [-0.2, -0.15) is 0 Å². The maximum Gasteiger partial charge on any atom is 0.406 e. The molecule has 0 saturated heterocycles. The summed E-state index contributed by atoms with van der Waals surface area (Å²) in [5.41, 5.74) is 4.22. The fourth-order valence-corrected chi connectivity index (χ4v) is 0.996. The number of nitro groups is 1. The molecule has 15 heavy (non-hydrogen) atoms. The Balaban J connectivity index is 3.40. The molecular weight excluding hydrogens is 212 g/mol. The average molecular weight is 219 g/mol. The van der Waals surface area contributed by atoms with E-state index in [1.165, 1.54) is 0 Å². The fraction of sp³-hybridized carbons (Fsp3) is 0.286. The smallest absolute Gasteiger partial charge is 0.406 e. The van der Waals surface area contributed by atoms with Crippen LogP contribution in [0.15, 0.2) is 6.07 Å². The molecule has 8 heteroatoms. The van der Waals surface area contributed by atoms with Crippen molar-refractivity contribution >= 4 is 5.82 Å². The van der Waals surface area contributed by atoms with E-state index in [1.54, 1.807) is 0 Å². The van der Waals surface area contributed by atoms with Crippen molar-refractivity contribution in [2.45, 2.75) is 13.0 Å². The zero-order valence-corrected chi connectivity index (χ0v) is 7.35. The highest BCUT2D eigenvalue weighted by atomic mass is 19.3. The van der Waals surface area contributed by atoms with Crippen LogP contribution in [0, 0.1) is 10.1 Å². The van der Waals surface area contributed by atoms with Gasteiger partial charge in [0.15, 0.2) is 5.69 Å². The van der Waals surface area contributed by atoms with Gasteiger partial charge in [-0.25, -0.2) is 8.78 Å². The minimum Gasteiger partial charge on any atom is -0.501 e. The van der Waals surface area contributed by atoms with Gasteiger partial charge in [0.25, 0.3) is 6.43 Å². The van der Waals surface area contributed by atoms with E-state index in [9.17, 15) is 18.9 Å². The lowest BCUT2D eigenvalue weighted by molar-refractivity contribution is -0.390. The minimum absolute atomic E-state index is 0.0743. The predicted octanol–water partition coefficient (Wildman–Crippen LogP) is 1.09. The van der Waals surface area contributed by atoms with Crippen LogP contribution in [0.25, 0.3) is 0 Å². The van der Waals surface area contributed by atoms with Gasteiger partial charge in [0, 0.05) is 0 Å². The molecule has 3 N–H and O–H groups in total. The quantitative estimate of drug-likeness (QED) is 0.585. The first-order chi connectivity index (χ1) is 6.97. The van der Waals surface area contributed by atoms with E-state index >= 15 is 0 Å². The Kier molecular flexibility index (Phi) is 3.10. The molecular formula is C7H7F2N3O3. The van der Waals surface area contributed by atoms with Gasteiger partial charge in [0.2, 0.25) is 5.75 Å². The molecule has 0 bridgehead atoms. The normalized spacial score (nSPS) is 10.7. The second-order valence-corrected chi connectivity index (χ2v) is 2.64. The molecule has 0 aliphatic heterocycles. The summed E-state index contributed by atoms with van der Waals surface area (Å²) in [6.45, 7) is -0.221. The zero-order valence-electron chi connectivity index (χ0n) is 7.35. The van der Waals surface area contributed by atoms with Crippen LogP contribution < -0.4 is 5.73 Å². The first-order valence-corrected chi connectivity index (χ1v) is 3.82. The number of nitrogens with zero attached hydrogens (tertiary/aromatic N) is 2. The molecule has 0 atom stereocenters. The number of hydrogen-bond donors (Lipinski definition) is 2. The van der Waals surface area contributed by atoms with Gasteiger partial charge in [-0.1, -0.05) is 0 Å². The molecule has 1 rings (SSSR count). The molecule has 82 valence electrons. The van der Waals surface area contributed by atoms with Gasteiger partial charge < -0.3 is 21.0 Å². The van der Waals surface area contributed by atoms with Gasteiger partial charge in [-0.15, -0.1) is 0 Å². The van der Waals surface area contributed by atoms with Gasteiger partial charge in [0.1, 0.15) is 0 Å². The first-order valence-electron chi connectivity index (χ1n) is 3.82. The Labute approximate surface area is 82.5 Å². The second kappa shape index (κ2) is 4.13. The number of hydrogen-bond acceptors (Lipinski definition) is 5. The summed E-state index contributed by atoms with van der Waals surface area (Å²) in [5, 5.41) is 19.5. The van der Waals surface area contributed by atoms with Gasteiger partial charge in [-0.3, -0.25) is 0 Å². The van der Waals surface area contributed by atoms with Crippen LogP contribution in [-0.2, 0) is 6.54 Å². The molecule has 0 unspecified atom stereocenters. The monoisotopic (exact) mass is 219 g/mol. The van der Waals surface area contributed by atoms with Crippen molar-refractivity contribution in [3.05, 3.63) is 27.4 Å². The highest BCUT2D eigenvalue weighted by Crippen LogP contribution is 2.34. The third kappa shape index (κ3) is 2.15. The van der Waals surface area contributed by atoms with Crippen molar-refractivity contribution in [2.24, 2.45) is 5.73 Å². The SMILES string of the molecule is NCc1cc(C(F)F)c(O)c([N+](=O)[O-])n1. The van der Waals surface area contributed by atoms with E-state index in [0.29, 0.717) is 0 Å². The molecule has 0 radical (unpaired) electrons. The molecule has 6 nitrogen and oxygen atoms in total. The standard InChI is InChI=1S/C7H7F2N3O3/c8-6(9)4-1-3(2-10)11-7(5(4)13)12(14)15/h1,6,13H,2,10H2. The summed E-state index contributed by atoms with van der Waals surface area (Å²) >= 11 is 0. The van der Waals surface area contributed by atoms with E-state index in [2.05, 4.69) is 4.98 Å². The Morgan fingerprint density at radius 1 is 1.67 bits per heavy atom. The molecule has 0 amide bonds. The average Bonchev–Trinajstić information content (AvgIpc) is 2.17. The summed E-state index contributed by atoms with van der Waals surface area (Å²) < 4.78 is 24.7. The maximum atomic E-state index is 12.3. The van der Waals surface area contributed by atoms with Crippen molar-refractivity contribution in [2.75, 3.05) is 0 Å². The lowest BCUT2D eigenvalue weighted by Crippen LogP contribution is -2.05. The number of aromatic nitrogens is 1. The predicted molar refractivity (Wildman–Crippen MR) is 45.4 cm³/mol. The second-order valence-electron chi connectivity index (χ2n) is 2.64. The Hall–Kier alpha value is -1.83. The van der Waals surface area contributed by atoms with Crippen LogP contribution in [-0.4, -0.2) is 15.0 Å². The van der Waals surface area contributed by atoms with Crippen molar-refractivity contribution < 1.29 is 18.8 Å². The Morgan fingerprint density at radius 3 is 2.67 bits per heavy atom. The molecule has 0 spiro atoms. The molecule has 1 aromatic heterocycles. The van der Waals surface area contributed by atoms with Gasteiger partial charge in [0.05, 0.1) is 12.1 Å². The molecule has 0 aliphatic rings. The maximum absolute atomic E-state index is 12.3. The van der Waals surface area contributed by atoms with Crippen molar-refractivity contribution in [1.29, 1.82) is 0 Å². The molecule has 0 saturated carbocycles. The third-order valence-corrected chi connectivity index (χ3v) is 1.67. The number of rotatable bonds is 3. The molecule has 0 aliphatic carbocycles. The largest absolute Gasteiger partial charge is 0.501 e. The number of halogens is 2. The topological polar surface area (TPSA) is 102 Å². The summed E-state index contributed by atoms with van der Waals surface area (Å²) in [5.74, 6) is -2.12. The summed E-state index contributed by atoms with van der Waals surface area (Å²) in [6.07, 6.45) is -3.02. The lowest BCUT2D eigenvalue weighted by atomic mass is 10.2. The summed E-state index contributed by atoms with van der Waals surface area (Å²) in [4.78, 5) is 12.6. The van der Waals surface area contributed by atoms with E-state index < -0.39 is 28.5 Å². The summed E-state index contributed by atoms with van der Waals surface area (Å²) in [6, 6.07) is 0.840. The number of pyridine rings is 1. The third-order valence-electron chi connectivity index (χ3n) is 1.67. The van der Waals surface area contributed by atoms with Crippen molar-refractivity contribution in [3.63, 3.8) is 0 Å². The van der Waals surface area contributed by atoms with Crippen LogP contribution in [0.2, 0.25) is 0 Å². The van der Waals surface area contributed by atoms with Crippen LogP contribution >= 0.6 is 0 Å². The first kappa shape index (κ1) is 11.2. The number of nitrogens with two attached hydrogens (primary N) is 1. The van der Waals surface area contributed by atoms with E-state index in [4.69, 9.17) is 10.8 Å². The van der Waals surface area contributed by atoms with Crippen LogP contribution in [0.5, 0.6) is 5.75 Å². The minimum atomic E-state index is -3.02. The highest BCUT2D eigenvalue weighted by Gasteiger charge is 2.26. The van der Waals surface area contributed by atoms with E-state index in [1.807, 2.05) is 0 Å². The van der Waals surface area contributed by atoms with Crippen LogP contribution in [0.4, 0.5) is 14.6 Å². The van der Waals surface area contributed by atoms with Crippen LogP contribution in [0.3, 0.4) is 0 Å². The van der Waals surface area contributed by atoms with E-state index in [-0.39, 0.29) is 12.2 Å². The lowest BCUT2D eigenvalue weighted by Gasteiger charge is -2.04. The Morgan fingerprint density at radius 2 is 2.27 bits per heavy atom. The number of alkyl halides is 2. The van der Waals surface area contributed by atoms with Crippen LogP contribution in [0.1, 0.15) is 17.7 Å². The van der Waals surface area contributed by atoms with Crippen molar-refractivity contribution in [3.8, 4) is 5.75 Å². The van der Waals surface area contributed by atoms with Crippen molar-refractivity contribution in [1.82, 2.24) is 4.98 Å². The number of aromatic hydroxyl groups is 1. The van der Waals surface area contributed by atoms with Gasteiger partial charge in [-0.05, 0) is 16.0 Å². The molecule has 1 aromatic rings. The molecule has 0 aromatic carbocycles. The summed E-state index contributed by atoms with van der Waals surface area (Å²) in [7, 11) is 0.